The molecule has 0 spiro atoms. The lowest BCUT2D eigenvalue weighted by atomic mass is 9.83. The van der Waals surface area contributed by atoms with E-state index >= 15 is 0 Å². The first kappa shape index (κ1) is 13.9. The van der Waals surface area contributed by atoms with Gasteiger partial charge in [0.2, 0.25) is 0 Å². The van der Waals surface area contributed by atoms with Crippen LogP contribution in [0.4, 0.5) is 0 Å². The third kappa shape index (κ3) is 2.47. The van der Waals surface area contributed by atoms with Gasteiger partial charge in [0.1, 0.15) is 0 Å². The van der Waals surface area contributed by atoms with Crippen LogP contribution in [0.25, 0.3) is 0 Å². The Hall–Kier alpha value is -1.11. The fourth-order valence-electron chi connectivity index (χ4n) is 1.15. The number of aliphatic hydroxyl groups is 3. The van der Waals surface area contributed by atoms with E-state index in [9.17, 15) is 29.7 Å². The third-order valence-corrected chi connectivity index (χ3v) is 2.17. The molecule has 0 amide bonds. The lowest BCUT2D eigenvalue weighted by Crippen LogP contribution is -2.61. The van der Waals surface area contributed by atoms with E-state index in [2.05, 4.69) is 0 Å². The summed E-state index contributed by atoms with van der Waals surface area (Å²) in [4.78, 5) is 32.8. The van der Waals surface area contributed by atoms with E-state index < -0.39 is 35.2 Å². The van der Waals surface area contributed by atoms with E-state index in [0.29, 0.717) is 0 Å². The molecule has 2 atom stereocenters. The van der Waals surface area contributed by atoms with E-state index in [1.54, 1.807) is 0 Å². The lowest BCUT2D eigenvalue weighted by molar-refractivity contribution is -0.178. The minimum Gasteiger partial charge on any atom is -0.382 e. The Morgan fingerprint density at radius 2 is 1.20 bits per heavy atom. The van der Waals surface area contributed by atoms with Gasteiger partial charge < -0.3 is 15.3 Å². The first-order valence-corrected chi connectivity index (χ1v) is 4.26. The van der Waals surface area contributed by atoms with Crippen LogP contribution < -0.4 is 0 Å². The molecule has 0 aliphatic rings. The molecular formula is C9H14O6. The van der Waals surface area contributed by atoms with Crippen molar-refractivity contribution < 1.29 is 29.7 Å². The van der Waals surface area contributed by atoms with Crippen LogP contribution in [0.2, 0.25) is 0 Å². The second-order valence-electron chi connectivity index (χ2n) is 3.41. The van der Waals surface area contributed by atoms with Gasteiger partial charge in [-0.2, -0.15) is 0 Å². The summed E-state index contributed by atoms with van der Waals surface area (Å²) in [7, 11) is 0. The number of carbonyl (C=O) groups is 3. The molecule has 0 fully saturated rings. The van der Waals surface area contributed by atoms with Crippen molar-refractivity contribution in [3.05, 3.63) is 0 Å². The van der Waals surface area contributed by atoms with Crippen LogP contribution in [0.5, 0.6) is 0 Å². The SMILES string of the molecule is CC(=O)C(O)C(O)(C(C)=O)C(O)C(C)=O. The number of aliphatic hydroxyl groups excluding tert-OH is 2. The zero-order chi connectivity index (χ0) is 12.4. The third-order valence-electron chi connectivity index (χ3n) is 2.17. The minimum absolute atomic E-state index is 0.873. The number of hydrogen-bond acceptors (Lipinski definition) is 6. The highest BCUT2D eigenvalue weighted by Gasteiger charge is 2.51. The highest BCUT2D eigenvalue weighted by Crippen LogP contribution is 2.19. The molecule has 0 heterocycles. The molecule has 0 saturated carbocycles. The van der Waals surface area contributed by atoms with Crippen molar-refractivity contribution in [3.63, 3.8) is 0 Å². The van der Waals surface area contributed by atoms with Crippen LogP contribution >= 0.6 is 0 Å². The first-order chi connectivity index (χ1) is 6.65. The summed E-state index contributed by atoms with van der Waals surface area (Å²) in [5, 5.41) is 28.3. The van der Waals surface area contributed by atoms with Crippen molar-refractivity contribution in [3.8, 4) is 0 Å². The largest absolute Gasteiger partial charge is 0.382 e. The zero-order valence-corrected chi connectivity index (χ0v) is 8.72. The van der Waals surface area contributed by atoms with Crippen LogP contribution in [0.1, 0.15) is 20.8 Å². The van der Waals surface area contributed by atoms with E-state index in [1.165, 1.54) is 0 Å². The van der Waals surface area contributed by atoms with Crippen molar-refractivity contribution in [1.82, 2.24) is 0 Å². The van der Waals surface area contributed by atoms with E-state index in [4.69, 9.17) is 0 Å². The summed E-state index contributed by atoms with van der Waals surface area (Å²) in [6, 6.07) is 0. The van der Waals surface area contributed by atoms with Crippen molar-refractivity contribution in [2.24, 2.45) is 0 Å². The van der Waals surface area contributed by atoms with Gasteiger partial charge in [-0.05, 0) is 20.8 Å². The molecule has 2 unspecified atom stereocenters. The lowest BCUT2D eigenvalue weighted by Gasteiger charge is -2.31. The molecule has 15 heavy (non-hydrogen) atoms. The molecule has 3 N–H and O–H groups in total. The normalized spacial score (nSPS) is 18.8. The van der Waals surface area contributed by atoms with Crippen LogP contribution in [0, 0.1) is 0 Å². The number of carbonyl (C=O) groups excluding carboxylic acids is 3. The highest BCUT2D eigenvalue weighted by atomic mass is 16.4. The maximum Gasteiger partial charge on any atom is 0.188 e. The summed E-state index contributed by atoms with van der Waals surface area (Å²) in [5.41, 5.74) is -2.77. The Morgan fingerprint density at radius 1 is 0.933 bits per heavy atom. The molecule has 0 aliphatic carbocycles. The summed E-state index contributed by atoms with van der Waals surface area (Å²) in [5.74, 6) is -2.87. The average Bonchev–Trinajstić information content (AvgIpc) is 2.13. The molecule has 0 aromatic heterocycles. The van der Waals surface area contributed by atoms with Crippen LogP contribution in [-0.4, -0.2) is 50.5 Å². The second-order valence-corrected chi connectivity index (χ2v) is 3.41. The van der Waals surface area contributed by atoms with Gasteiger partial charge >= 0.3 is 0 Å². The monoisotopic (exact) mass is 218 g/mol. The van der Waals surface area contributed by atoms with Gasteiger partial charge in [0.15, 0.2) is 35.2 Å². The second kappa shape index (κ2) is 4.61. The first-order valence-electron chi connectivity index (χ1n) is 4.26. The maximum absolute atomic E-state index is 11.1. The van der Waals surface area contributed by atoms with Gasteiger partial charge in [-0.1, -0.05) is 0 Å². The van der Waals surface area contributed by atoms with Crippen LogP contribution in [0.15, 0.2) is 0 Å². The van der Waals surface area contributed by atoms with Crippen LogP contribution in [0.3, 0.4) is 0 Å². The van der Waals surface area contributed by atoms with Crippen molar-refractivity contribution >= 4 is 17.3 Å². The van der Waals surface area contributed by atoms with E-state index in [1.807, 2.05) is 0 Å². The standard InChI is InChI=1S/C9H14O6/c1-4(10)7(13)9(15,6(3)12)8(14)5(2)11/h7-8,13-15H,1-3H3. The Bertz CT molecular complexity index is 275. The quantitative estimate of drug-likeness (QED) is 0.502. The molecule has 0 rings (SSSR count). The fourth-order valence-corrected chi connectivity index (χ4v) is 1.15. The molecular weight excluding hydrogens is 204 g/mol. The highest BCUT2D eigenvalue weighted by molar-refractivity contribution is 5.99. The summed E-state index contributed by atoms with van der Waals surface area (Å²) in [6.07, 6.45) is -4.23. The molecule has 0 aromatic rings. The fraction of sp³-hybridized carbons (Fsp3) is 0.667. The molecule has 0 bridgehead atoms. The van der Waals surface area contributed by atoms with Crippen LogP contribution in [-0.2, 0) is 14.4 Å². The predicted octanol–water partition coefficient (Wildman–Crippen LogP) is -1.79. The number of rotatable bonds is 5. The van der Waals surface area contributed by atoms with Gasteiger partial charge in [0.05, 0.1) is 0 Å². The number of hydrogen-bond donors (Lipinski definition) is 3. The molecule has 0 saturated heterocycles. The Morgan fingerprint density at radius 3 is 1.33 bits per heavy atom. The Kier molecular flexibility index (Phi) is 4.27. The molecule has 0 radical (unpaired) electrons. The number of Topliss-reactive ketones (excluding diaryl/α,β-unsaturated/α-hetero) is 3. The Labute approximate surface area is 86.5 Å². The van der Waals surface area contributed by atoms with Gasteiger partial charge in [-0.3, -0.25) is 14.4 Å². The summed E-state index contributed by atoms with van der Waals surface area (Å²) >= 11 is 0. The predicted molar refractivity (Wildman–Crippen MR) is 49.0 cm³/mol. The average molecular weight is 218 g/mol. The minimum atomic E-state index is -2.77. The summed E-state index contributed by atoms with van der Waals surface area (Å²) < 4.78 is 0. The topological polar surface area (TPSA) is 112 Å². The molecule has 6 nitrogen and oxygen atoms in total. The molecule has 0 aromatic carbocycles. The zero-order valence-electron chi connectivity index (χ0n) is 8.72. The van der Waals surface area contributed by atoms with Crippen molar-refractivity contribution in [2.75, 3.05) is 0 Å². The summed E-state index contributed by atoms with van der Waals surface area (Å²) in [6.45, 7) is 2.75. The van der Waals surface area contributed by atoms with Gasteiger partial charge in [-0.25, -0.2) is 0 Å². The smallest absolute Gasteiger partial charge is 0.188 e. The maximum atomic E-state index is 11.1. The molecule has 86 valence electrons. The van der Waals surface area contributed by atoms with Gasteiger partial charge in [0.25, 0.3) is 0 Å². The van der Waals surface area contributed by atoms with Crippen molar-refractivity contribution in [2.45, 2.75) is 38.6 Å². The van der Waals surface area contributed by atoms with Gasteiger partial charge in [0, 0.05) is 0 Å². The van der Waals surface area contributed by atoms with E-state index in [0.717, 1.165) is 20.8 Å². The number of ketones is 3. The van der Waals surface area contributed by atoms with Gasteiger partial charge in [-0.15, -0.1) is 0 Å². The van der Waals surface area contributed by atoms with E-state index in [-0.39, 0.29) is 0 Å². The Balaban J connectivity index is 5.33. The molecule has 6 heteroatoms. The molecule has 0 aliphatic heterocycles. The van der Waals surface area contributed by atoms with Crippen molar-refractivity contribution in [1.29, 1.82) is 0 Å².